The van der Waals surface area contributed by atoms with Crippen LogP contribution in [0.25, 0.3) is 0 Å². The van der Waals surface area contributed by atoms with Crippen LogP contribution in [0.2, 0.25) is 0 Å². The summed E-state index contributed by atoms with van der Waals surface area (Å²) >= 11 is 5.33. The predicted octanol–water partition coefficient (Wildman–Crippen LogP) is 3.35. The first kappa shape index (κ1) is 18.6. The molecule has 0 spiro atoms. The largest absolute Gasteiger partial charge is 0.490 e. The van der Waals surface area contributed by atoms with Crippen molar-refractivity contribution in [3.8, 4) is 5.75 Å². The second-order valence-corrected chi connectivity index (χ2v) is 7.14. The molecule has 26 heavy (non-hydrogen) atoms. The lowest BCUT2D eigenvalue weighted by Gasteiger charge is -2.29. The Morgan fingerprint density at radius 1 is 1.19 bits per heavy atom. The van der Waals surface area contributed by atoms with Crippen molar-refractivity contribution in [1.82, 2.24) is 15.2 Å². The molecule has 1 aliphatic heterocycles. The number of anilines is 1. The summed E-state index contributed by atoms with van der Waals surface area (Å²) < 4.78 is 6.08. The molecule has 0 saturated carbocycles. The number of nitrogens with one attached hydrogen (secondary N) is 2. The minimum Gasteiger partial charge on any atom is -0.490 e. The zero-order chi connectivity index (χ0) is 18.4. The van der Waals surface area contributed by atoms with Gasteiger partial charge < -0.3 is 20.3 Å². The number of rotatable bonds is 5. The van der Waals surface area contributed by atoms with E-state index in [1.807, 2.05) is 37.3 Å². The van der Waals surface area contributed by atoms with Gasteiger partial charge in [0.25, 0.3) is 0 Å². The lowest BCUT2D eigenvalue weighted by Crippen LogP contribution is -2.35. The van der Waals surface area contributed by atoms with E-state index in [1.165, 1.54) is 0 Å². The highest BCUT2D eigenvalue weighted by Gasteiger charge is 2.17. The van der Waals surface area contributed by atoms with Gasteiger partial charge in [-0.25, -0.2) is 4.98 Å². The molecule has 2 heterocycles. The van der Waals surface area contributed by atoms with Gasteiger partial charge in [-0.05, 0) is 68.9 Å². The number of likely N-dealkylation sites (tertiary alicyclic amines) is 1. The van der Waals surface area contributed by atoms with Gasteiger partial charge in [-0.15, -0.1) is 0 Å². The van der Waals surface area contributed by atoms with E-state index in [-0.39, 0.29) is 0 Å². The van der Waals surface area contributed by atoms with Crippen LogP contribution in [0.15, 0.2) is 42.5 Å². The maximum Gasteiger partial charge on any atom is 0.172 e. The van der Waals surface area contributed by atoms with Crippen molar-refractivity contribution < 1.29 is 4.74 Å². The van der Waals surface area contributed by atoms with Crippen LogP contribution in [0.4, 0.5) is 5.82 Å². The first-order chi connectivity index (χ1) is 12.6. The van der Waals surface area contributed by atoms with Crippen molar-refractivity contribution in [2.75, 3.05) is 25.5 Å². The van der Waals surface area contributed by atoms with Gasteiger partial charge in [0.1, 0.15) is 17.7 Å². The summed E-state index contributed by atoms with van der Waals surface area (Å²) in [6, 6.07) is 14.0. The Morgan fingerprint density at radius 3 is 2.62 bits per heavy atom. The summed E-state index contributed by atoms with van der Waals surface area (Å²) in [5, 5.41) is 6.87. The second kappa shape index (κ2) is 8.96. The highest BCUT2D eigenvalue weighted by Crippen LogP contribution is 2.19. The summed E-state index contributed by atoms with van der Waals surface area (Å²) in [4.78, 5) is 6.73. The zero-order valence-electron chi connectivity index (χ0n) is 15.4. The van der Waals surface area contributed by atoms with Crippen molar-refractivity contribution >= 4 is 23.1 Å². The number of aryl methyl sites for hydroxylation is 1. The maximum atomic E-state index is 6.08. The van der Waals surface area contributed by atoms with E-state index in [0.29, 0.717) is 17.8 Å². The average Bonchev–Trinajstić information content (AvgIpc) is 2.63. The van der Waals surface area contributed by atoms with E-state index < -0.39 is 0 Å². The number of hydrogen-bond acceptors (Lipinski definition) is 4. The first-order valence-electron chi connectivity index (χ1n) is 9.01. The molecule has 1 saturated heterocycles. The molecular weight excluding hydrogens is 344 g/mol. The fourth-order valence-corrected chi connectivity index (χ4v) is 3.11. The Labute approximate surface area is 160 Å². The average molecular weight is 371 g/mol. The van der Waals surface area contributed by atoms with Crippen LogP contribution in [0.3, 0.4) is 0 Å². The number of hydrogen-bond donors (Lipinski definition) is 2. The van der Waals surface area contributed by atoms with Crippen molar-refractivity contribution in [2.24, 2.45) is 0 Å². The highest BCUT2D eigenvalue weighted by atomic mass is 32.1. The molecule has 3 rings (SSSR count). The minimum atomic E-state index is 0.328. The van der Waals surface area contributed by atoms with Crippen LogP contribution in [0.1, 0.15) is 24.1 Å². The highest BCUT2D eigenvalue weighted by molar-refractivity contribution is 7.80. The monoisotopic (exact) mass is 370 g/mol. The molecule has 2 N–H and O–H groups in total. The van der Waals surface area contributed by atoms with Crippen LogP contribution < -0.4 is 15.4 Å². The Hall–Kier alpha value is -2.18. The molecule has 1 aromatic carbocycles. The van der Waals surface area contributed by atoms with Gasteiger partial charge in [0.15, 0.2) is 5.11 Å². The topological polar surface area (TPSA) is 49.4 Å². The molecule has 1 aliphatic rings. The van der Waals surface area contributed by atoms with E-state index in [4.69, 9.17) is 17.0 Å². The van der Waals surface area contributed by atoms with E-state index in [1.54, 1.807) is 0 Å². The quantitative estimate of drug-likeness (QED) is 0.787. The second-order valence-electron chi connectivity index (χ2n) is 6.74. The molecular formula is C20H26N4OS. The zero-order valence-corrected chi connectivity index (χ0v) is 16.2. The normalized spacial score (nSPS) is 15.5. The van der Waals surface area contributed by atoms with Crippen LogP contribution >= 0.6 is 12.2 Å². The van der Waals surface area contributed by atoms with Crippen molar-refractivity contribution in [2.45, 2.75) is 32.4 Å². The van der Waals surface area contributed by atoms with Crippen LogP contribution in [0.5, 0.6) is 5.75 Å². The van der Waals surface area contributed by atoms with Gasteiger partial charge in [0.05, 0.1) is 0 Å². The van der Waals surface area contributed by atoms with Gasteiger partial charge in [-0.1, -0.05) is 18.2 Å². The van der Waals surface area contributed by atoms with Crippen molar-refractivity contribution in [3.05, 3.63) is 53.7 Å². The van der Waals surface area contributed by atoms with Crippen LogP contribution in [-0.2, 0) is 6.54 Å². The fraction of sp³-hybridized carbons (Fsp3) is 0.400. The molecule has 0 radical (unpaired) electrons. The molecule has 0 unspecified atom stereocenters. The van der Waals surface area contributed by atoms with Gasteiger partial charge in [-0.2, -0.15) is 0 Å². The molecule has 0 amide bonds. The number of pyridine rings is 1. The minimum absolute atomic E-state index is 0.328. The lowest BCUT2D eigenvalue weighted by atomic mass is 10.1. The van der Waals surface area contributed by atoms with Crippen LogP contribution in [-0.4, -0.2) is 41.2 Å². The number of piperidine rings is 1. The molecule has 0 aliphatic carbocycles. The van der Waals surface area contributed by atoms with E-state index in [0.717, 1.165) is 48.8 Å². The van der Waals surface area contributed by atoms with Gasteiger partial charge in [0.2, 0.25) is 0 Å². The van der Waals surface area contributed by atoms with Gasteiger partial charge in [0, 0.05) is 25.3 Å². The summed E-state index contributed by atoms with van der Waals surface area (Å²) in [7, 11) is 2.16. The predicted molar refractivity (Wildman–Crippen MR) is 110 cm³/mol. The van der Waals surface area contributed by atoms with Crippen molar-refractivity contribution in [3.63, 3.8) is 0 Å². The van der Waals surface area contributed by atoms with Gasteiger partial charge in [-0.3, -0.25) is 0 Å². The molecule has 0 bridgehead atoms. The maximum absolute atomic E-state index is 6.08. The lowest BCUT2D eigenvalue weighted by molar-refractivity contribution is 0.114. The number of thiocarbonyl (C=S) groups is 1. The number of benzene rings is 1. The van der Waals surface area contributed by atoms with E-state index in [9.17, 15) is 0 Å². The Bertz CT molecular complexity index is 727. The fourth-order valence-electron chi connectivity index (χ4n) is 2.94. The summed E-state index contributed by atoms with van der Waals surface area (Å²) in [5.74, 6) is 1.69. The first-order valence-corrected chi connectivity index (χ1v) is 9.42. The van der Waals surface area contributed by atoms with Crippen molar-refractivity contribution in [1.29, 1.82) is 0 Å². The molecule has 1 aromatic heterocycles. The van der Waals surface area contributed by atoms with Gasteiger partial charge >= 0.3 is 0 Å². The molecule has 6 heteroatoms. The summed E-state index contributed by atoms with van der Waals surface area (Å²) in [6.45, 7) is 4.82. The molecule has 5 nitrogen and oxygen atoms in total. The summed E-state index contributed by atoms with van der Waals surface area (Å²) in [6.07, 6.45) is 2.51. The smallest absolute Gasteiger partial charge is 0.172 e. The SMILES string of the molecule is Cc1cccc(NC(=S)NCc2ccc(OC3CCN(C)CC3)cc2)n1. The number of aromatic nitrogens is 1. The third-order valence-corrected chi connectivity index (χ3v) is 4.72. The van der Waals surface area contributed by atoms with E-state index in [2.05, 4.69) is 39.7 Å². The Morgan fingerprint density at radius 2 is 1.92 bits per heavy atom. The van der Waals surface area contributed by atoms with E-state index >= 15 is 0 Å². The third kappa shape index (κ3) is 5.68. The molecule has 0 atom stereocenters. The molecule has 138 valence electrons. The van der Waals surface area contributed by atoms with Crippen LogP contribution in [0, 0.1) is 6.92 Å². The number of ether oxygens (including phenoxy) is 1. The third-order valence-electron chi connectivity index (χ3n) is 4.47. The number of nitrogens with zero attached hydrogens (tertiary/aromatic N) is 2. The summed E-state index contributed by atoms with van der Waals surface area (Å²) in [5.41, 5.74) is 2.11. The Balaban J connectivity index is 1.44. The molecule has 1 fully saturated rings. The Kier molecular flexibility index (Phi) is 6.41. The standard InChI is InChI=1S/C20H26N4OS/c1-15-4-3-5-19(22-15)23-20(26)21-14-16-6-8-17(9-7-16)25-18-10-12-24(2)13-11-18/h3-9,18H,10-14H2,1-2H3,(H2,21,22,23,26). The molecule has 2 aromatic rings.